The lowest BCUT2D eigenvalue weighted by Crippen LogP contribution is -2.12. The summed E-state index contributed by atoms with van der Waals surface area (Å²) in [7, 11) is 0. The predicted octanol–water partition coefficient (Wildman–Crippen LogP) is 5.01. The molecule has 0 aliphatic carbocycles. The largest absolute Gasteiger partial charge is 0.305 e. The van der Waals surface area contributed by atoms with Crippen LogP contribution in [0.5, 0.6) is 0 Å². The van der Waals surface area contributed by atoms with Crippen molar-refractivity contribution in [2.75, 3.05) is 5.32 Å². The Morgan fingerprint density at radius 1 is 1.12 bits per heavy atom. The van der Waals surface area contributed by atoms with Gasteiger partial charge in [-0.1, -0.05) is 48.0 Å². The number of carbonyl (C=O) groups excluding carboxylic acids is 1. The molecule has 0 bridgehead atoms. The first-order chi connectivity index (χ1) is 11.5. The highest BCUT2D eigenvalue weighted by atomic mass is 79.9. The summed E-state index contributed by atoms with van der Waals surface area (Å²) in [6.45, 7) is 4.33. The zero-order chi connectivity index (χ0) is 17.1. The third-order valence-electron chi connectivity index (χ3n) is 3.74. The van der Waals surface area contributed by atoms with Crippen LogP contribution < -0.4 is 5.32 Å². The number of hydrogen-bond acceptors (Lipinski definition) is 2. The molecule has 1 N–H and O–H groups in total. The maximum absolute atomic E-state index is 12.3. The molecule has 122 valence electrons. The highest BCUT2D eigenvalue weighted by molar-refractivity contribution is 9.10. The van der Waals surface area contributed by atoms with E-state index in [-0.39, 0.29) is 5.91 Å². The van der Waals surface area contributed by atoms with Crippen molar-refractivity contribution in [1.29, 1.82) is 0 Å². The van der Waals surface area contributed by atoms with E-state index in [0.717, 1.165) is 10.2 Å². The van der Waals surface area contributed by atoms with Crippen LogP contribution in [0.25, 0.3) is 5.69 Å². The van der Waals surface area contributed by atoms with Gasteiger partial charge in [0.05, 0.1) is 5.69 Å². The molecule has 0 fully saturated rings. The van der Waals surface area contributed by atoms with E-state index in [2.05, 4.69) is 52.3 Å². The van der Waals surface area contributed by atoms with E-state index in [9.17, 15) is 4.79 Å². The van der Waals surface area contributed by atoms with Crippen LogP contribution in [-0.4, -0.2) is 15.7 Å². The molecule has 2 aromatic carbocycles. The number of rotatable bonds is 4. The number of benzene rings is 2. The molecule has 0 spiro atoms. The fraction of sp³-hybridized carbons (Fsp3) is 0.158. The van der Waals surface area contributed by atoms with Gasteiger partial charge in [-0.25, -0.2) is 4.68 Å². The van der Waals surface area contributed by atoms with Crippen molar-refractivity contribution < 1.29 is 4.79 Å². The van der Waals surface area contributed by atoms with Crippen molar-refractivity contribution in [1.82, 2.24) is 9.78 Å². The summed E-state index contributed by atoms with van der Waals surface area (Å²) in [5, 5.41) is 7.23. The third-order valence-corrected chi connectivity index (χ3v) is 4.24. The number of halogens is 1. The molecule has 3 rings (SSSR count). The molecule has 0 saturated carbocycles. The topological polar surface area (TPSA) is 46.9 Å². The molecule has 1 aromatic heterocycles. The van der Waals surface area contributed by atoms with Crippen molar-refractivity contribution in [2.45, 2.75) is 19.8 Å². The summed E-state index contributed by atoms with van der Waals surface area (Å²) in [5.74, 6) is 0.835. The Kier molecular flexibility index (Phi) is 4.81. The highest BCUT2D eigenvalue weighted by Gasteiger charge is 2.09. The number of nitrogens with zero attached hydrogens (tertiary/aromatic N) is 2. The summed E-state index contributed by atoms with van der Waals surface area (Å²) in [6.07, 6.45) is 1.83. The molecule has 5 heteroatoms. The van der Waals surface area contributed by atoms with Crippen LogP contribution in [-0.2, 0) is 0 Å². The van der Waals surface area contributed by atoms with E-state index in [4.69, 9.17) is 0 Å². The number of carbonyl (C=O) groups is 1. The second kappa shape index (κ2) is 7.01. The summed E-state index contributed by atoms with van der Waals surface area (Å²) in [5.41, 5.74) is 2.83. The van der Waals surface area contributed by atoms with Gasteiger partial charge in [0, 0.05) is 22.3 Å². The van der Waals surface area contributed by atoms with E-state index in [1.807, 2.05) is 30.5 Å². The van der Waals surface area contributed by atoms with E-state index in [1.165, 1.54) is 5.56 Å². The maximum atomic E-state index is 12.3. The van der Waals surface area contributed by atoms with E-state index < -0.39 is 0 Å². The van der Waals surface area contributed by atoms with Crippen LogP contribution in [0.4, 0.5) is 5.82 Å². The molecule has 0 atom stereocenters. The van der Waals surface area contributed by atoms with Crippen molar-refractivity contribution in [2.24, 2.45) is 0 Å². The SMILES string of the molecule is CC(C)c1ccc(-n2ccc(NC(=O)c3cccc(Br)c3)n2)cc1. The average Bonchev–Trinajstić information content (AvgIpc) is 3.03. The van der Waals surface area contributed by atoms with Gasteiger partial charge in [0.2, 0.25) is 0 Å². The van der Waals surface area contributed by atoms with Crippen molar-refractivity contribution in [3.63, 3.8) is 0 Å². The Morgan fingerprint density at radius 3 is 2.54 bits per heavy atom. The van der Waals surface area contributed by atoms with Gasteiger partial charge in [0.1, 0.15) is 0 Å². The van der Waals surface area contributed by atoms with Gasteiger partial charge in [-0.3, -0.25) is 4.79 Å². The first kappa shape index (κ1) is 16.5. The fourth-order valence-corrected chi connectivity index (χ4v) is 2.76. The lowest BCUT2D eigenvalue weighted by Gasteiger charge is -2.07. The average molecular weight is 384 g/mol. The van der Waals surface area contributed by atoms with Gasteiger partial charge < -0.3 is 5.32 Å². The zero-order valence-electron chi connectivity index (χ0n) is 13.5. The lowest BCUT2D eigenvalue weighted by molar-refractivity contribution is 0.102. The van der Waals surface area contributed by atoms with Crippen LogP contribution in [0.2, 0.25) is 0 Å². The molecule has 0 aliphatic rings. The van der Waals surface area contributed by atoms with Crippen molar-refractivity contribution >= 4 is 27.7 Å². The maximum Gasteiger partial charge on any atom is 0.256 e. The van der Waals surface area contributed by atoms with Crippen LogP contribution in [0.3, 0.4) is 0 Å². The normalized spacial score (nSPS) is 10.8. The molecule has 0 saturated heterocycles. The quantitative estimate of drug-likeness (QED) is 0.687. The molecule has 24 heavy (non-hydrogen) atoms. The number of anilines is 1. The molecular formula is C19H18BrN3O. The Bertz CT molecular complexity index is 853. The van der Waals surface area contributed by atoms with Crippen LogP contribution in [0, 0.1) is 0 Å². The minimum absolute atomic E-state index is 0.184. The third kappa shape index (κ3) is 3.74. The Morgan fingerprint density at radius 2 is 1.88 bits per heavy atom. The summed E-state index contributed by atoms with van der Waals surface area (Å²) < 4.78 is 2.62. The van der Waals surface area contributed by atoms with E-state index in [1.54, 1.807) is 22.9 Å². The standard InChI is InChI=1S/C19H18BrN3O/c1-13(2)14-6-8-17(9-7-14)23-11-10-18(22-23)21-19(24)15-4-3-5-16(20)12-15/h3-13H,1-2H3,(H,21,22,24). The van der Waals surface area contributed by atoms with Gasteiger partial charge in [0.25, 0.3) is 5.91 Å². The molecule has 3 aromatic rings. The number of aromatic nitrogens is 2. The van der Waals surface area contributed by atoms with E-state index >= 15 is 0 Å². The first-order valence-corrected chi connectivity index (χ1v) is 8.55. The Balaban J connectivity index is 1.74. The molecule has 0 aliphatic heterocycles. The Hall–Kier alpha value is -2.40. The molecule has 1 heterocycles. The number of amides is 1. The van der Waals surface area contributed by atoms with Crippen molar-refractivity contribution in [3.8, 4) is 5.69 Å². The van der Waals surface area contributed by atoms with Gasteiger partial charge in [0.15, 0.2) is 5.82 Å². The molecular weight excluding hydrogens is 366 g/mol. The first-order valence-electron chi connectivity index (χ1n) is 7.76. The van der Waals surface area contributed by atoms with Gasteiger partial charge >= 0.3 is 0 Å². The van der Waals surface area contributed by atoms with Crippen LogP contribution in [0.1, 0.15) is 35.7 Å². The second-order valence-electron chi connectivity index (χ2n) is 5.86. The fourth-order valence-electron chi connectivity index (χ4n) is 2.36. The minimum atomic E-state index is -0.184. The summed E-state index contributed by atoms with van der Waals surface area (Å²) in [4.78, 5) is 12.3. The zero-order valence-corrected chi connectivity index (χ0v) is 15.1. The summed E-state index contributed by atoms with van der Waals surface area (Å²) >= 11 is 3.37. The van der Waals surface area contributed by atoms with Gasteiger partial charge in [-0.2, -0.15) is 5.10 Å². The van der Waals surface area contributed by atoms with Gasteiger partial charge in [-0.05, 0) is 41.8 Å². The number of nitrogens with one attached hydrogen (secondary N) is 1. The van der Waals surface area contributed by atoms with Gasteiger partial charge in [-0.15, -0.1) is 0 Å². The minimum Gasteiger partial charge on any atom is -0.305 e. The molecule has 1 amide bonds. The van der Waals surface area contributed by atoms with Crippen LogP contribution in [0.15, 0.2) is 65.3 Å². The molecule has 0 radical (unpaired) electrons. The highest BCUT2D eigenvalue weighted by Crippen LogP contribution is 2.18. The second-order valence-corrected chi connectivity index (χ2v) is 6.77. The molecule has 4 nitrogen and oxygen atoms in total. The van der Waals surface area contributed by atoms with Crippen molar-refractivity contribution in [3.05, 3.63) is 76.4 Å². The predicted molar refractivity (Wildman–Crippen MR) is 99.7 cm³/mol. The van der Waals surface area contributed by atoms with Crippen LogP contribution >= 0.6 is 15.9 Å². The Labute approximate surface area is 149 Å². The lowest BCUT2D eigenvalue weighted by atomic mass is 10.0. The molecule has 0 unspecified atom stereocenters. The van der Waals surface area contributed by atoms with E-state index in [0.29, 0.717) is 17.3 Å². The smallest absolute Gasteiger partial charge is 0.256 e. The number of hydrogen-bond donors (Lipinski definition) is 1. The summed E-state index contributed by atoms with van der Waals surface area (Å²) in [6, 6.07) is 17.3. The monoisotopic (exact) mass is 383 g/mol.